The normalized spacial score (nSPS) is 10.7. The molecule has 91 heavy (non-hydrogen) atoms. The third kappa shape index (κ3) is 14.8. The van der Waals surface area contributed by atoms with Gasteiger partial charge in [-0.05, 0) is 84.9 Å². The molecule has 0 unspecified atom stereocenters. The topological polar surface area (TPSA) is 426 Å². The molecule has 0 radical (unpaired) electrons. The van der Waals surface area contributed by atoms with Gasteiger partial charge >= 0.3 is 21.7 Å². The van der Waals surface area contributed by atoms with E-state index < -0.39 is 33.1 Å². The molecule has 26 heteroatoms. The van der Waals surface area contributed by atoms with E-state index in [-0.39, 0.29) is 210 Å². The minimum atomic E-state index is -0.611. The van der Waals surface area contributed by atoms with Crippen LogP contribution in [0.15, 0.2) is 163 Å². The van der Waals surface area contributed by atoms with E-state index in [1.807, 2.05) is 0 Å². The van der Waals surface area contributed by atoms with Gasteiger partial charge in [-0.2, -0.15) is 0 Å². The average Bonchev–Trinajstić information content (AvgIpc) is 0.883. The predicted octanol–water partition coefficient (Wildman–Crippen LogP) is 8.40. The van der Waals surface area contributed by atoms with Crippen LogP contribution >= 0.6 is 0 Å². The zero-order valence-electron chi connectivity index (χ0n) is 47.2. The van der Waals surface area contributed by atoms with Gasteiger partial charge in [0.05, 0.1) is 59.7 Å². The van der Waals surface area contributed by atoms with Crippen LogP contribution in [0.2, 0.25) is 0 Å². The average molecular weight is 1370 g/mol. The van der Waals surface area contributed by atoms with Crippen LogP contribution in [0.1, 0.15) is 7.43 Å². The van der Waals surface area contributed by atoms with Gasteiger partial charge in [-0.25, -0.2) is 0 Å². The van der Waals surface area contributed by atoms with Gasteiger partial charge in [-0.1, -0.05) is 7.43 Å². The van der Waals surface area contributed by atoms with Crippen molar-refractivity contribution in [2.45, 2.75) is 7.43 Å². The van der Waals surface area contributed by atoms with Gasteiger partial charge in [0.1, 0.15) is 69.0 Å². The van der Waals surface area contributed by atoms with Crippen LogP contribution in [0.3, 0.4) is 0 Å². The Labute approximate surface area is 539 Å². The molecule has 0 atom stereocenters. The summed E-state index contributed by atoms with van der Waals surface area (Å²) in [4.78, 5) is 42.9. The van der Waals surface area contributed by atoms with Gasteiger partial charge in [0, 0.05) is 126 Å². The molecule has 4 aromatic heterocycles. The molecule has 0 bridgehead atoms. The van der Waals surface area contributed by atoms with Gasteiger partial charge in [0.2, 0.25) is 21.5 Å². The van der Waals surface area contributed by atoms with Crippen LogP contribution in [-0.4, -0.2) is 114 Å². The second-order valence-corrected chi connectivity index (χ2v) is 22.8. The van der Waals surface area contributed by atoms with E-state index in [0.717, 1.165) is 12.1 Å². The Bertz CT molecular complexity index is 4750. The van der Waals surface area contributed by atoms with Crippen LogP contribution in [0.4, 0.5) is 0 Å². The number of rotatable bonds is 6. The first-order valence-electron chi connectivity index (χ1n) is 25.7. The molecule has 22 nitrogen and oxygen atoms in total. The molecule has 472 valence electrons. The molecule has 0 fully saturated rings. The quantitative estimate of drug-likeness (QED) is 0.0572. The summed E-state index contributed by atoms with van der Waals surface area (Å²) in [6, 6.07) is 32.9. The van der Waals surface area contributed by atoms with Gasteiger partial charge in [0.25, 0.3) is 23.0 Å². The van der Waals surface area contributed by atoms with Gasteiger partial charge in [0.15, 0.2) is 22.3 Å². The summed E-state index contributed by atoms with van der Waals surface area (Å²) in [5.74, 6) is -1.82. The van der Waals surface area contributed by atoms with Crippen LogP contribution in [-0.2, 0) is 55.7 Å². The molecule has 0 aliphatic rings. The SMILES string of the molecule is C.CS(C)=O.CS(C)=O.Oc1ccc(-c2cc(=[OH+])c3c([OH2+])cc(O)c(-c4cc(-c5cc(=[OH+])c6c([OH2+])cc(O)cc6o5)ccc4O)c3o2)cc1.Oc1ccc(-c2cc(=[OH+])c3c([OH2+])cc(O)c(-c4cc(-c5cc(=[OH+])c6c([OH2+])cc(O)cc6o5)ccc4O)c3o2)cc1.[Fe].[Fe]. The molecule has 20 N–H and O–H groups in total. The summed E-state index contributed by atoms with van der Waals surface area (Å²) in [7, 11) is -1.22. The van der Waals surface area contributed by atoms with Crippen molar-refractivity contribution in [1.29, 1.82) is 0 Å². The first-order valence-corrected chi connectivity index (χ1v) is 29.6. The molecule has 0 amide bonds. The van der Waals surface area contributed by atoms with Crippen molar-refractivity contribution >= 4 is 65.5 Å². The number of hydrogen-bond acceptors (Lipinski definition) is 14. The molecule has 12 rings (SSSR count). The summed E-state index contributed by atoms with van der Waals surface area (Å²) in [5, 5.41) is 116. The predicted molar refractivity (Wildman–Crippen MR) is 337 cm³/mol. The summed E-state index contributed by atoms with van der Waals surface area (Å²) in [6.07, 6.45) is 6.56. The standard InChI is InChI=1S/2C30H18O10.2C2H6OS.CH4.2Fe/c2*31-15-4-1-13(2-5-15)24-12-23(38)29-21(36)10-20(35)27(30(29)40-24)17-7-14(3-6-18(17)33)25-11-22(37)28-19(34)8-16(32)9-26(28)39-25;2*1-4(2)3;;;/h2*1-12,31-36H;2*1-2H3;1H4;;/p+8. The molecule has 4 heterocycles. The molecular formula is C65H60Fe2O22S2+8. The maximum absolute atomic E-state index is 10.9. The third-order valence-corrected chi connectivity index (χ3v) is 13.1. The minimum Gasteiger partial charge on any atom is -0.592 e. The van der Waals surface area contributed by atoms with Crippen molar-refractivity contribution in [3.63, 3.8) is 0 Å². The molecule has 0 saturated heterocycles. The molecule has 12 aromatic rings. The molecule has 0 aliphatic heterocycles. The number of hydrogen-bond donors (Lipinski definition) is 8. The summed E-state index contributed by atoms with van der Waals surface area (Å²) in [6.45, 7) is 0. The van der Waals surface area contributed by atoms with Crippen molar-refractivity contribution in [3.05, 3.63) is 167 Å². The molecule has 0 aliphatic carbocycles. The van der Waals surface area contributed by atoms with Gasteiger partial charge in [-0.3, -0.25) is 27.6 Å². The monoisotopic (exact) mass is 1370 g/mol. The van der Waals surface area contributed by atoms with Crippen LogP contribution < -0.4 is 21.7 Å². The summed E-state index contributed by atoms with van der Waals surface area (Å²) >= 11 is 0. The first-order chi connectivity index (χ1) is 41.7. The smallest absolute Gasteiger partial charge is 0.364 e. The Morgan fingerprint density at radius 3 is 0.934 bits per heavy atom. The zero-order valence-corrected chi connectivity index (χ0v) is 51.0. The van der Waals surface area contributed by atoms with Crippen LogP contribution in [0.5, 0.6) is 69.0 Å². The number of phenols is 8. The van der Waals surface area contributed by atoms with Crippen molar-refractivity contribution in [1.82, 2.24) is 0 Å². The molecule has 8 aromatic carbocycles. The van der Waals surface area contributed by atoms with Crippen LogP contribution in [0, 0.1) is 0 Å². The van der Waals surface area contributed by atoms with Crippen molar-refractivity contribution in [2.24, 2.45) is 0 Å². The Morgan fingerprint density at radius 2 is 0.615 bits per heavy atom. The van der Waals surface area contributed by atoms with Crippen molar-refractivity contribution in [3.8, 4) is 137 Å². The third-order valence-electron chi connectivity index (χ3n) is 13.1. The fourth-order valence-corrected chi connectivity index (χ4v) is 9.37. The molecule has 0 saturated carbocycles. The first kappa shape index (κ1) is 69.6. The Kier molecular flexibility index (Phi) is 21.7. The maximum Gasteiger partial charge on any atom is 0.364 e. The van der Waals surface area contributed by atoms with E-state index in [1.54, 1.807) is 49.3 Å². The molecular weight excluding hydrogens is 1310 g/mol. The Balaban J connectivity index is 0.000000251. The van der Waals surface area contributed by atoms with Crippen LogP contribution in [0.25, 0.3) is 111 Å². The van der Waals surface area contributed by atoms with Gasteiger partial charge < -0.3 is 78.9 Å². The molecule has 0 spiro atoms. The number of aromatic hydroxyl groups is 8. The number of phenolic OH excluding ortho intramolecular Hbond substituents is 8. The van der Waals surface area contributed by atoms with Crippen molar-refractivity contribution < 1.29 is 141 Å². The van der Waals surface area contributed by atoms with E-state index in [4.69, 9.17) is 38.1 Å². The largest absolute Gasteiger partial charge is 0.592 e. The Hall–Kier alpha value is -10.5. The minimum absolute atomic E-state index is 0. The van der Waals surface area contributed by atoms with E-state index in [9.17, 15) is 68.4 Å². The van der Waals surface area contributed by atoms with E-state index in [1.165, 1.54) is 109 Å². The second kappa shape index (κ2) is 28.4. The number of fused-ring (bicyclic) bond motifs is 4. The van der Waals surface area contributed by atoms with Gasteiger partial charge in [-0.15, -0.1) is 0 Å². The van der Waals surface area contributed by atoms with Crippen molar-refractivity contribution in [2.75, 3.05) is 25.0 Å². The number of benzene rings is 8. The fourth-order valence-electron chi connectivity index (χ4n) is 9.37. The van der Waals surface area contributed by atoms with E-state index in [0.29, 0.717) is 22.3 Å². The second-order valence-electron chi connectivity index (χ2n) is 19.8. The zero-order chi connectivity index (χ0) is 63.7. The Morgan fingerprint density at radius 1 is 0.341 bits per heavy atom. The maximum atomic E-state index is 10.9. The summed E-state index contributed by atoms with van der Waals surface area (Å²) < 4.78 is 43.0. The summed E-state index contributed by atoms with van der Waals surface area (Å²) in [5.41, 5.74) is 0.617. The fraction of sp³-hybridized carbons (Fsp3) is 0.0769. The van der Waals surface area contributed by atoms with E-state index >= 15 is 0 Å². The van der Waals surface area contributed by atoms with E-state index in [2.05, 4.69) is 0 Å².